The molecule has 1 atom stereocenters. The zero-order valence-electron chi connectivity index (χ0n) is 16.4. The summed E-state index contributed by atoms with van der Waals surface area (Å²) in [5, 5.41) is 10.8. The number of halogens is 1. The van der Waals surface area contributed by atoms with Crippen LogP contribution in [0.5, 0.6) is 0 Å². The van der Waals surface area contributed by atoms with Crippen LogP contribution < -0.4 is 5.73 Å². The van der Waals surface area contributed by atoms with E-state index in [2.05, 4.69) is 11.6 Å². The molecular formula is C22H20ClN3O3. The van der Waals surface area contributed by atoms with Gasteiger partial charge in [-0.25, -0.2) is 9.78 Å². The molecule has 2 N–H and O–H groups in total. The molecule has 0 amide bonds. The average molecular weight is 410 g/mol. The van der Waals surface area contributed by atoms with Crippen LogP contribution >= 0.6 is 11.6 Å². The Balaban J connectivity index is 2.27. The number of ether oxygens (including phenoxy) is 2. The molecule has 2 heterocycles. The highest BCUT2D eigenvalue weighted by atomic mass is 35.5. The van der Waals surface area contributed by atoms with Gasteiger partial charge >= 0.3 is 5.97 Å². The first-order valence-electron chi connectivity index (χ1n) is 8.92. The van der Waals surface area contributed by atoms with Crippen molar-refractivity contribution in [2.75, 3.05) is 6.61 Å². The number of nitrogens with zero attached hydrogens (tertiary/aromatic N) is 2. The topological polar surface area (TPSA) is 98.2 Å². The SMILES string of the molecule is C=CCOC(=O)C1=C(C)OC(N)=C(C#N)[C@H]1c1cc2c(C)cc(C)cc2nc1Cl. The predicted molar refractivity (Wildman–Crippen MR) is 111 cm³/mol. The quantitative estimate of drug-likeness (QED) is 0.458. The monoisotopic (exact) mass is 409 g/mol. The van der Waals surface area contributed by atoms with Crippen LogP contribution in [0.2, 0.25) is 5.15 Å². The van der Waals surface area contributed by atoms with E-state index in [1.54, 1.807) is 6.92 Å². The van der Waals surface area contributed by atoms with Gasteiger partial charge in [0.1, 0.15) is 29.2 Å². The lowest BCUT2D eigenvalue weighted by Gasteiger charge is -2.27. The van der Waals surface area contributed by atoms with E-state index < -0.39 is 11.9 Å². The second-order valence-corrected chi connectivity index (χ2v) is 7.16. The highest BCUT2D eigenvalue weighted by Gasteiger charge is 2.38. The van der Waals surface area contributed by atoms with Gasteiger partial charge in [0.05, 0.1) is 17.0 Å². The number of carbonyl (C=O) groups is 1. The third-order valence-corrected chi connectivity index (χ3v) is 5.04. The molecule has 3 rings (SSSR count). The van der Waals surface area contributed by atoms with Gasteiger partial charge in [-0.15, -0.1) is 0 Å². The summed E-state index contributed by atoms with van der Waals surface area (Å²) in [4.78, 5) is 17.3. The molecule has 1 aromatic heterocycles. The number of carbonyl (C=O) groups excluding carboxylic acids is 1. The largest absolute Gasteiger partial charge is 0.458 e. The van der Waals surface area contributed by atoms with Gasteiger partial charge in [0.25, 0.3) is 0 Å². The summed E-state index contributed by atoms with van der Waals surface area (Å²) in [5.74, 6) is -1.31. The third kappa shape index (κ3) is 3.69. The lowest BCUT2D eigenvalue weighted by atomic mass is 9.83. The first kappa shape index (κ1) is 20.4. The second kappa shape index (κ2) is 7.98. The highest BCUT2D eigenvalue weighted by molar-refractivity contribution is 6.31. The smallest absolute Gasteiger partial charge is 0.338 e. The summed E-state index contributed by atoms with van der Waals surface area (Å²) >= 11 is 6.52. The summed E-state index contributed by atoms with van der Waals surface area (Å²) in [6.45, 7) is 9.10. The average Bonchev–Trinajstić information content (AvgIpc) is 2.65. The van der Waals surface area contributed by atoms with Crippen LogP contribution in [0.15, 0.2) is 53.6 Å². The van der Waals surface area contributed by atoms with Crippen molar-refractivity contribution in [3.8, 4) is 6.07 Å². The molecular weight excluding hydrogens is 390 g/mol. The number of rotatable bonds is 4. The van der Waals surface area contributed by atoms with Crippen LogP contribution in [0.25, 0.3) is 10.9 Å². The number of esters is 1. The van der Waals surface area contributed by atoms with Crippen molar-refractivity contribution in [3.05, 3.63) is 75.5 Å². The van der Waals surface area contributed by atoms with Crippen LogP contribution in [-0.4, -0.2) is 17.6 Å². The maximum atomic E-state index is 12.8. The van der Waals surface area contributed by atoms with Crippen molar-refractivity contribution in [1.82, 2.24) is 4.98 Å². The van der Waals surface area contributed by atoms with Gasteiger partial charge in [-0.05, 0) is 44.0 Å². The van der Waals surface area contributed by atoms with Crippen LogP contribution in [0, 0.1) is 25.2 Å². The number of nitriles is 1. The number of pyridine rings is 1. The molecule has 1 aliphatic heterocycles. The molecule has 1 aliphatic rings. The van der Waals surface area contributed by atoms with Crippen molar-refractivity contribution >= 4 is 28.5 Å². The Kier molecular flexibility index (Phi) is 5.62. The van der Waals surface area contributed by atoms with Crippen molar-refractivity contribution in [1.29, 1.82) is 5.26 Å². The summed E-state index contributed by atoms with van der Waals surface area (Å²) in [6, 6.07) is 7.84. The van der Waals surface area contributed by atoms with Crippen LogP contribution in [0.4, 0.5) is 0 Å². The number of hydrogen-bond donors (Lipinski definition) is 1. The van der Waals surface area contributed by atoms with E-state index >= 15 is 0 Å². The van der Waals surface area contributed by atoms with Crippen LogP contribution in [0.1, 0.15) is 29.5 Å². The highest BCUT2D eigenvalue weighted by Crippen LogP contribution is 2.42. The minimum atomic E-state index is -0.851. The molecule has 0 aliphatic carbocycles. The van der Waals surface area contributed by atoms with Gasteiger partial charge in [0.15, 0.2) is 0 Å². The molecule has 6 nitrogen and oxygen atoms in total. The number of benzene rings is 1. The van der Waals surface area contributed by atoms with E-state index in [1.165, 1.54) is 6.08 Å². The molecule has 148 valence electrons. The first-order chi connectivity index (χ1) is 13.8. The Morgan fingerprint density at radius 1 is 1.41 bits per heavy atom. The van der Waals surface area contributed by atoms with E-state index in [-0.39, 0.29) is 34.5 Å². The minimum Gasteiger partial charge on any atom is -0.458 e. The lowest BCUT2D eigenvalue weighted by Crippen LogP contribution is -2.26. The van der Waals surface area contributed by atoms with Gasteiger partial charge in [0.2, 0.25) is 5.88 Å². The van der Waals surface area contributed by atoms with Gasteiger partial charge < -0.3 is 15.2 Å². The molecule has 0 radical (unpaired) electrons. The van der Waals surface area contributed by atoms with Crippen molar-refractivity contribution in [2.45, 2.75) is 26.7 Å². The number of aromatic nitrogens is 1. The maximum absolute atomic E-state index is 12.8. The zero-order valence-corrected chi connectivity index (χ0v) is 17.1. The normalized spacial score (nSPS) is 16.4. The fourth-order valence-electron chi connectivity index (χ4n) is 3.49. The van der Waals surface area contributed by atoms with Crippen LogP contribution in [-0.2, 0) is 14.3 Å². The Morgan fingerprint density at radius 2 is 2.14 bits per heavy atom. The number of fused-ring (bicyclic) bond motifs is 1. The van der Waals surface area contributed by atoms with Gasteiger partial charge in [-0.2, -0.15) is 5.26 Å². The third-order valence-electron chi connectivity index (χ3n) is 4.73. The van der Waals surface area contributed by atoms with Crippen molar-refractivity contribution < 1.29 is 14.3 Å². The Hall–Kier alpha value is -3.30. The number of nitrogens with two attached hydrogens (primary N) is 1. The Labute approximate surface area is 173 Å². The van der Waals surface area contributed by atoms with Gasteiger partial charge in [-0.1, -0.05) is 30.3 Å². The van der Waals surface area contributed by atoms with Crippen LogP contribution in [0.3, 0.4) is 0 Å². The van der Waals surface area contributed by atoms with Gasteiger partial charge in [-0.3, -0.25) is 0 Å². The summed E-state index contributed by atoms with van der Waals surface area (Å²) < 4.78 is 10.7. The molecule has 29 heavy (non-hydrogen) atoms. The summed E-state index contributed by atoms with van der Waals surface area (Å²) in [5.41, 5.74) is 9.47. The Bertz CT molecular complexity index is 1140. The predicted octanol–water partition coefficient (Wildman–Crippen LogP) is 4.32. The standard InChI is InChI=1S/C22H20ClN3O3/c1-5-6-28-22(27)18-13(4)29-21(25)16(10-24)19(18)15-9-14-12(3)7-11(2)8-17(14)26-20(15)23/h5,7-9,19H,1,6,25H2,2-4H3/t19-/m1/s1. The van der Waals surface area contributed by atoms with Crippen molar-refractivity contribution in [3.63, 3.8) is 0 Å². The molecule has 0 saturated heterocycles. The first-order valence-corrected chi connectivity index (χ1v) is 9.30. The molecule has 2 aromatic rings. The summed E-state index contributed by atoms with van der Waals surface area (Å²) in [6.07, 6.45) is 1.46. The van der Waals surface area contributed by atoms with E-state index in [4.69, 9.17) is 26.8 Å². The zero-order chi connectivity index (χ0) is 21.3. The molecule has 0 unspecified atom stereocenters. The Morgan fingerprint density at radius 3 is 2.79 bits per heavy atom. The molecule has 1 aromatic carbocycles. The number of hydrogen-bond acceptors (Lipinski definition) is 6. The van der Waals surface area contributed by atoms with E-state index in [1.807, 2.05) is 38.1 Å². The van der Waals surface area contributed by atoms with E-state index in [0.29, 0.717) is 5.56 Å². The number of aryl methyl sites for hydroxylation is 2. The molecule has 0 saturated carbocycles. The lowest BCUT2D eigenvalue weighted by molar-refractivity contribution is -0.138. The molecule has 7 heteroatoms. The van der Waals surface area contributed by atoms with E-state index in [0.717, 1.165) is 22.0 Å². The van der Waals surface area contributed by atoms with E-state index in [9.17, 15) is 10.1 Å². The maximum Gasteiger partial charge on any atom is 0.338 e. The fraction of sp³-hybridized carbons (Fsp3) is 0.227. The second-order valence-electron chi connectivity index (χ2n) is 6.80. The minimum absolute atomic E-state index is 0.0193. The molecule has 0 spiro atoms. The van der Waals surface area contributed by atoms with Gasteiger partial charge in [0, 0.05) is 10.9 Å². The fourth-order valence-corrected chi connectivity index (χ4v) is 3.75. The molecule has 0 bridgehead atoms. The summed E-state index contributed by atoms with van der Waals surface area (Å²) in [7, 11) is 0. The van der Waals surface area contributed by atoms with Crippen molar-refractivity contribution in [2.24, 2.45) is 5.73 Å². The number of allylic oxidation sites excluding steroid dienone is 2. The molecule has 0 fully saturated rings.